The molecule has 1 aliphatic heterocycles. The van der Waals surface area contributed by atoms with E-state index in [1.165, 1.54) is 6.92 Å². The van der Waals surface area contributed by atoms with Gasteiger partial charge in [0.15, 0.2) is 5.37 Å². The van der Waals surface area contributed by atoms with E-state index in [2.05, 4.69) is 23.3 Å². The van der Waals surface area contributed by atoms with Gasteiger partial charge in [-0.1, -0.05) is 30.3 Å². The molecular formula is C17H20N2O3S2. The van der Waals surface area contributed by atoms with Crippen molar-refractivity contribution in [3.63, 3.8) is 0 Å². The Balaban J connectivity index is 2.01. The van der Waals surface area contributed by atoms with Gasteiger partial charge < -0.3 is 10.6 Å². The van der Waals surface area contributed by atoms with Crippen LogP contribution in [0, 0.1) is 0 Å². The molecule has 5 nitrogen and oxygen atoms in total. The third-order valence-electron chi connectivity index (χ3n) is 4.24. The molecule has 1 saturated heterocycles. The number of thiol groups is 1. The van der Waals surface area contributed by atoms with Gasteiger partial charge in [-0.25, -0.2) is 8.42 Å². The van der Waals surface area contributed by atoms with E-state index in [1.54, 1.807) is 18.2 Å². The number of sulfone groups is 1. The lowest BCUT2D eigenvalue weighted by atomic mass is 10.1. The number of nitrogens with one attached hydrogen (secondary N) is 2. The van der Waals surface area contributed by atoms with E-state index in [0.29, 0.717) is 13.0 Å². The maximum absolute atomic E-state index is 13.1. The first-order valence-electron chi connectivity index (χ1n) is 7.79. The van der Waals surface area contributed by atoms with E-state index in [1.807, 2.05) is 24.3 Å². The monoisotopic (exact) mass is 364 g/mol. The molecule has 0 aromatic heterocycles. The van der Waals surface area contributed by atoms with Crippen LogP contribution in [-0.4, -0.2) is 37.5 Å². The zero-order valence-corrected chi connectivity index (χ0v) is 15.0. The fraction of sp³-hybridized carbons (Fsp3) is 0.353. The minimum absolute atomic E-state index is 0.0815. The van der Waals surface area contributed by atoms with Crippen molar-refractivity contribution in [1.29, 1.82) is 0 Å². The van der Waals surface area contributed by atoms with Gasteiger partial charge in [0, 0.05) is 24.8 Å². The summed E-state index contributed by atoms with van der Waals surface area (Å²) >= 11 is 4.40. The van der Waals surface area contributed by atoms with Gasteiger partial charge in [0.2, 0.25) is 15.7 Å². The van der Waals surface area contributed by atoms with E-state index in [0.717, 1.165) is 10.8 Å². The van der Waals surface area contributed by atoms with E-state index < -0.39 is 15.2 Å². The summed E-state index contributed by atoms with van der Waals surface area (Å²) in [5.74, 6) is -0.367. The first-order valence-corrected chi connectivity index (χ1v) is 9.85. The molecule has 1 aliphatic rings. The third-order valence-corrected chi connectivity index (χ3v) is 6.66. The standard InChI is InChI=1S/C17H20N2O3S2/c1-11(20)19-17(16-9-14(23)10-18-16)24(21,22)15-7-6-12-4-2-3-5-13(12)8-15/h2-8,14,16-18,23H,9-10H2,1H3,(H,19,20). The number of fused-ring (bicyclic) bond motifs is 1. The summed E-state index contributed by atoms with van der Waals surface area (Å²) < 4.78 is 26.3. The second-order valence-electron chi connectivity index (χ2n) is 6.08. The van der Waals surface area contributed by atoms with Crippen molar-refractivity contribution >= 4 is 39.1 Å². The zero-order valence-electron chi connectivity index (χ0n) is 13.3. The maximum Gasteiger partial charge on any atom is 0.217 e. The lowest BCUT2D eigenvalue weighted by Gasteiger charge is -2.24. The quantitative estimate of drug-likeness (QED) is 0.723. The Morgan fingerprint density at radius 3 is 2.58 bits per heavy atom. The molecule has 2 N–H and O–H groups in total. The van der Waals surface area contributed by atoms with E-state index in [-0.39, 0.29) is 22.1 Å². The van der Waals surface area contributed by atoms with Crippen LogP contribution in [0.4, 0.5) is 0 Å². The van der Waals surface area contributed by atoms with E-state index in [9.17, 15) is 13.2 Å². The summed E-state index contributed by atoms with van der Waals surface area (Å²) in [5, 5.41) is 6.66. The van der Waals surface area contributed by atoms with Gasteiger partial charge in [0.1, 0.15) is 0 Å². The third kappa shape index (κ3) is 3.43. The average molecular weight is 364 g/mol. The van der Waals surface area contributed by atoms with Crippen molar-refractivity contribution in [2.45, 2.75) is 34.9 Å². The van der Waals surface area contributed by atoms with Crippen molar-refractivity contribution < 1.29 is 13.2 Å². The van der Waals surface area contributed by atoms with Crippen LogP contribution in [0.15, 0.2) is 47.4 Å². The molecule has 0 bridgehead atoms. The first kappa shape index (κ1) is 17.3. The number of benzene rings is 2. The highest BCUT2D eigenvalue weighted by Gasteiger charge is 2.39. The SMILES string of the molecule is CC(=O)NC(C1CC(S)CN1)S(=O)(=O)c1ccc2ccccc2c1. The second kappa shape index (κ2) is 6.74. The molecule has 1 fully saturated rings. The van der Waals surface area contributed by atoms with Gasteiger partial charge in [-0.2, -0.15) is 12.6 Å². The van der Waals surface area contributed by atoms with Crippen molar-refractivity contribution in [2.75, 3.05) is 6.54 Å². The average Bonchev–Trinajstić information content (AvgIpc) is 2.98. The molecule has 3 unspecified atom stereocenters. The fourth-order valence-corrected chi connectivity index (χ4v) is 5.20. The Hall–Kier alpha value is -1.57. The molecular weight excluding hydrogens is 344 g/mol. The van der Waals surface area contributed by atoms with Gasteiger partial charge in [0.05, 0.1) is 4.90 Å². The molecule has 3 rings (SSSR count). The Labute approximate surface area is 147 Å². The summed E-state index contributed by atoms with van der Waals surface area (Å²) in [5.41, 5.74) is 0. The molecule has 2 aromatic rings. The van der Waals surface area contributed by atoms with Crippen LogP contribution in [-0.2, 0) is 14.6 Å². The second-order valence-corrected chi connectivity index (χ2v) is 8.88. The molecule has 3 atom stereocenters. The van der Waals surface area contributed by atoms with Crippen LogP contribution in [0.25, 0.3) is 10.8 Å². The van der Waals surface area contributed by atoms with Gasteiger partial charge >= 0.3 is 0 Å². The molecule has 24 heavy (non-hydrogen) atoms. The smallest absolute Gasteiger partial charge is 0.217 e. The maximum atomic E-state index is 13.1. The van der Waals surface area contributed by atoms with E-state index in [4.69, 9.17) is 0 Å². The highest BCUT2D eigenvalue weighted by Crippen LogP contribution is 2.26. The molecule has 0 spiro atoms. The van der Waals surface area contributed by atoms with E-state index >= 15 is 0 Å². The predicted molar refractivity (Wildman–Crippen MR) is 97.9 cm³/mol. The number of rotatable bonds is 4. The van der Waals surface area contributed by atoms with Crippen LogP contribution in [0.1, 0.15) is 13.3 Å². The van der Waals surface area contributed by atoms with Crippen LogP contribution in [0.5, 0.6) is 0 Å². The first-order chi connectivity index (χ1) is 11.4. The minimum atomic E-state index is -3.72. The van der Waals surface area contributed by atoms with Gasteiger partial charge in [0.25, 0.3) is 0 Å². The Bertz CT molecular complexity index is 867. The van der Waals surface area contributed by atoms with Crippen LogP contribution >= 0.6 is 12.6 Å². The Morgan fingerprint density at radius 2 is 1.96 bits per heavy atom. The number of hydrogen-bond donors (Lipinski definition) is 3. The van der Waals surface area contributed by atoms with Crippen LogP contribution in [0.3, 0.4) is 0 Å². The highest BCUT2D eigenvalue weighted by atomic mass is 32.2. The molecule has 1 amide bonds. The van der Waals surface area contributed by atoms with Gasteiger partial charge in [-0.3, -0.25) is 4.79 Å². The number of amides is 1. The zero-order chi connectivity index (χ0) is 17.3. The molecule has 0 saturated carbocycles. The highest BCUT2D eigenvalue weighted by molar-refractivity contribution is 7.92. The topological polar surface area (TPSA) is 75.3 Å². The predicted octanol–water partition coefficient (Wildman–Crippen LogP) is 1.74. The van der Waals surface area contributed by atoms with Crippen molar-refractivity contribution in [1.82, 2.24) is 10.6 Å². The normalized spacial score (nSPS) is 22.4. The van der Waals surface area contributed by atoms with Crippen molar-refractivity contribution in [3.05, 3.63) is 42.5 Å². The Kier molecular flexibility index (Phi) is 4.85. The van der Waals surface area contributed by atoms with Gasteiger partial charge in [-0.15, -0.1) is 0 Å². The summed E-state index contributed by atoms with van der Waals surface area (Å²) in [4.78, 5) is 11.8. The molecule has 7 heteroatoms. The summed E-state index contributed by atoms with van der Waals surface area (Å²) in [6, 6.07) is 12.3. The van der Waals surface area contributed by atoms with Crippen LogP contribution in [0.2, 0.25) is 0 Å². The number of carbonyl (C=O) groups excluding carboxylic acids is 1. The lowest BCUT2D eigenvalue weighted by molar-refractivity contribution is -0.119. The van der Waals surface area contributed by atoms with Gasteiger partial charge in [-0.05, 0) is 29.3 Å². The summed E-state index contributed by atoms with van der Waals surface area (Å²) in [6.07, 6.45) is 0.584. The molecule has 2 aromatic carbocycles. The molecule has 0 aliphatic carbocycles. The lowest BCUT2D eigenvalue weighted by Crippen LogP contribution is -2.51. The minimum Gasteiger partial charge on any atom is -0.338 e. The van der Waals surface area contributed by atoms with Crippen LogP contribution < -0.4 is 10.6 Å². The molecule has 0 radical (unpaired) electrons. The van der Waals surface area contributed by atoms with Crippen molar-refractivity contribution in [2.24, 2.45) is 0 Å². The number of hydrogen-bond acceptors (Lipinski definition) is 5. The number of carbonyl (C=O) groups is 1. The largest absolute Gasteiger partial charge is 0.338 e. The Morgan fingerprint density at radius 1 is 1.25 bits per heavy atom. The summed E-state index contributed by atoms with van der Waals surface area (Å²) in [7, 11) is -3.72. The fourth-order valence-electron chi connectivity index (χ4n) is 3.06. The molecule has 1 heterocycles. The molecule has 128 valence electrons. The summed E-state index contributed by atoms with van der Waals surface area (Å²) in [6.45, 7) is 1.95. The van der Waals surface area contributed by atoms with Crippen molar-refractivity contribution in [3.8, 4) is 0 Å².